The van der Waals surface area contributed by atoms with E-state index >= 15 is 0 Å². The molecule has 3 aromatic rings. The Balaban J connectivity index is 1.33. The van der Waals surface area contributed by atoms with Crippen molar-refractivity contribution in [3.63, 3.8) is 0 Å². The number of nitrogens with one attached hydrogen (secondary N) is 1. The molecule has 4 rings (SSSR count). The normalized spacial score (nSPS) is 13.4. The van der Waals surface area contributed by atoms with Crippen LogP contribution in [0.25, 0.3) is 11.1 Å². The van der Waals surface area contributed by atoms with E-state index in [0.717, 1.165) is 22.3 Å². The van der Waals surface area contributed by atoms with Crippen molar-refractivity contribution < 1.29 is 19.0 Å². The molecule has 148 valence electrons. The van der Waals surface area contributed by atoms with Crippen molar-refractivity contribution in [1.82, 2.24) is 5.32 Å². The van der Waals surface area contributed by atoms with Gasteiger partial charge in [0.15, 0.2) is 11.5 Å². The van der Waals surface area contributed by atoms with Crippen molar-refractivity contribution in [2.45, 2.75) is 19.6 Å². The molecule has 0 fully saturated rings. The lowest BCUT2D eigenvalue weighted by molar-refractivity contribution is 0.135. The summed E-state index contributed by atoms with van der Waals surface area (Å²) in [5.41, 5.74) is 4.08. The molecule has 0 spiro atoms. The average Bonchev–Trinajstić information content (AvgIpc) is 2.78. The highest BCUT2D eigenvalue weighted by molar-refractivity contribution is 5.68. The summed E-state index contributed by atoms with van der Waals surface area (Å²) in [6, 6.07) is 23.6. The predicted octanol–water partition coefficient (Wildman–Crippen LogP) is 5.11. The fourth-order valence-electron chi connectivity index (χ4n) is 3.31. The number of carbonyl (C=O) groups excluding carboxylic acids is 1. The summed E-state index contributed by atoms with van der Waals surface area (Å²) in [7, 11) is 0. The Labute approximate surface area is 170 Å². The molecule has 0 saturated heterocycles. The molecular formula is C24H23NO4. The van der Waals surface area contributed by atoms with Gasteiger partial charge in [-0.15, -0.1) is 0 Å². The van der Waals surface area contributed by atoms with Crippen LogP contribution in [0.3, 0.4) is 0 Å². The van der Waals surface area contributed by atoms with Gasteiger partial charge in [0, 0.05) is 5.56 Å². The van der Waals surface area contributed by atoms with Crippen molar-refractivity contribution in [3.05, 3.63) is 83.9 Å². The molecule has 0 bridgehead atoms. The van der Waals surface area contributed by atoms with E-state index in [9.17, 15) is 4.79 Å². The zero-order valence-electron chi connectivity index (χ0n) is 16.3. The summed E-state index contributed by atoms with van der Waals surface area (Å²) in [5.74, 6) is 1.39. The lowest BCUT2D eigenvalue weighted by Gasteiger charge is -2.23. The zero-order valence-corrected chi connectivity index (χ0v) is 16.3. The minimum absolute atomic E-state index is 0.208. The average molecular weight is 389 g/mol. The second-order valence-electron chi connectivity index (χ2n) is 6.88. The third kappa shape index (κ3) is 4.51. The molecule has 1 unspecified atom stereocenters. The fraction of sp³-hybridized carbons (Fsp3) is 0.208. The molecule has 1 N–H and O–H groups in total. The van der Waals surface area contributed by atoms with Gasteiger partial charge < -0.3 is 19.5 Å². The maximum atomic E-state index is 12.3. The highest BCUT2D eigenvalue weighted by Gasteiger charge is 2.21. The van der Waals surface area contributed by atoms with Crippen LogP contribution in [0.4, 0.5) is 4.79 Å². The monoisotopic (exact) mass is 389 g/mol. The summed E-state index contributed by atoms with van der Waals surface area (Å²) in [6.45, 7) is 3.13. The zero-order chi connectivity index (χ0) is 20.1. The number of hydrogen-bond acceptors (Lipinski definition) is 4. The van der Waals surface area contributed by atoms with E-state index in [1.54, 1.807) is 0 Å². The van der Waals surface area contributed by atoms with Crippen molar-refractivity contribution in [3.8, 4) is 22.6 Å². The first kappa shape index (κ1) is 18.9. The second-order valence-corrected chi connectivity index (χ2v) is 6.88. The van der Waals surface area contributed by atoms with Gasteiger partial charge in [0.2, 0.25) is 0 Å². The number of ether oxygens (including phenoxy) is 3. The standard InChI is InChI=1S/C24H23NO4/c1-17(21-8-5-9-22-23(21)28-15-14-27-22)25-24(26)29-16-18-10-12-20(13-11-18)19-6-3-2-4-7-19/h2-13,17H,14-16H2,1H3,(H,25,26). The van der Waals surface area contributed by atoms with Crippen LogP contribution >= 0.6 is 0 Å². The van der Waals surface area contributed by atoms with Gasteiger partial charge in [0.1, 0.15) is 19.8 Å². The Morgan fingerprint density at radius 2 is 1.66 bits per heavy atom. The van der Waals surface area contributed by atoms with Crippen LogP contribution < -0.4 is 14.8 Å². The van der Waals surface area contributed by atoms with Crippen LogP contribution in [0.15, 0.2) is 72.8 Å². The fourth-order valence-corrected chi connectivity index (χ4v) is 3.31. The Morgan fingerprint density at radius 3 is 2.45 bits per heavy atom. The molecule has 1 aliphatic heterocycles. The van der Waals surface area contributed by atoms with Gasteiger partial charge in [-0.2, -0.15) is 0 Å². The smallest absolute Gasteiger partial charge is 0.407 e. The Hall–Kier alpha value is -3.47. The topological polar surface area (TPSA) is 56.8 Å². The summed E-state index contributed by atoms with van der Waals surface area (Å²) in [6.07, 6.45) is -0.473. The van der Waals surface area contributed by atoms with Gasteiger partial charge in [-0.25, -0.2) is 4.79 Å². The van der Waals surface area contributed by atoms with Gasteiger partial charge in [-0.05, 0) is 29.7 Å². The summed E-state index contributed by atoms with van der Waals surface area (Å²) < 4.78 is 16.7. The molecule has 3 aromatic carbocycles. The van der Waals surface area contributed by atoms with Crippen LogP contribution in [0.5, 0.6) is 11.5 Å². The number of carbonyl (C=O) groups is 1. The third-order valence-corrected chi connectivity index (χ3v) is 4.83. The highest BCUT2D eigenvalue weighted by Crippen LogP contribution is 2.36. The Morgan fingerprint density at radius 1 is 0.931 bits per heavy atom. The Bertz CT molecular complexity index is 970. The molecule has 5 nitrogen and oxygen atoms in total. The van der Waals surface area contributed by atoms with Crippen LogP contribution in [0.2, 0.25) is 0 Å². The van der Waals surface area contributed by atoms with Crippen LogP contribution in [-0.4, -0.2) is 19.3 Å². The van der Waals surface area contributed by atoms with Gasteiger partial charge in [-0.1, -0.05) is 66.7 Å². The number of hydrogen-bond donors (Lipinski definition) is 1. The maximum absolute atomic E-state index is 12.3. The van der Waals surface area contributed by atoms with Crippen molar-refractivity contribution in [2.24, 2.45) is 0 Å². The molecule has 1 amide bonds. The molecule has 5 heteroatoms. The first-order chi connectivity index (χ1) is 14.2. The maximum Gasteiger partial charge on any atom is 0.407 e. The lowest BCUT2D eigenvalue weighted by Crippen LogP contribution is -2.28. The molecule has 0 aliphatic carbocycles. The van der Waals surface area contributed by atoms with E-state index in [4.69, 9.17) is 14.2 Å². The van der Waals surface area contributed by atoms with Crippen molar-refractivity contribution in [1.29, 1.82) is 0 Å². The summed E-state index contributed by atoms with van der Waals surface area (Å²) in [5, 5.41) is 2.86. The number of amides is 1. The number of rotatable bonds is 5. The van der Waals surface area contributed by atoms with Gasteiger partial charge in [0.25, 0.3) is 0 Å². The molecule has 0 radical (unpaired) electrons. The van der Waals surface area contributed by atoms with E-state index in [0.29, 0.717) is 24.7 Å². The number of benzene rings is 3. The highest BCUT2D eigenvalue weighted by atomic mass is 16.6. The largest absolute Gasteiger partial charge is 0.486 e. The van der Waals surface area contributed by atoms with Crippen LogP contribution in [0.1, 0.15) is 24.1 Å². The number of fused-ring (bicyclic) bond motifs is 1. The van der Waals surface area contributed by atoms with E-state index < -0.39 is 6.09 Å². The summed E-state index contributed by atoms with van der Waals surface area (Å²) >= 11 is 0. The van der Waals surface area contributed by atoms with Crippen molar-refractivity contribution >= 4 is 6.09 Å². The van der Waals surface area contributed by atoms with Crippen LogP contribution in [-0.2, 0) is 11.3 Å². The van der Waals surface area contributed by atoms with Crippen LogP contribution in [0, 0.1) is 0 Å². The molecule has 29 heavy (non-hydrogen) atoms. The predicted molar refractivity (Wildman–Crippen MR) is 111 cm³/mol. The van der Waals surface area contributed by atoms with Crippen molar-refractivity contribution in [2.75, 3.05) is 13.2 Å². The number of alkyl carbamates (subject to hydrolysis) is 1. The second kappa shape index (κ2) is 8.69. The summed E-state index contributed by atoms with van der Waals surface area (Å²) in [4.78, 5) is 12.3. The molecular weight excluding hydrogens is 366 g/mol. The molecule has 1 heterocycles. The van der Waals surface area contributed by atoms with E-state index in [2.05, 4.69) is 17.4 Å². The molecule has 0 saturated carbocycles. The van der Waals surface area contributed by atoms with E-state index in [1.807, 2.05) is 67.6 Å². The van der Waals surface area contributed by atoms with E-state index in [1.165, 1.54) is 0 Å². The minimum atomic E-state index is -0.473. The molecule has 0 aromatic heterocycles. The minimum Gasteiger partial charge on any atom is -0.486 e. The Kier molecular flexibility index (Phi) is 5.66. The first-order valence-corrected chi connectivity index (χ1v) is 9.67. The quantitative estimate of drug-likeness (QED) is 0.659. The lowest BCUT2D eigenvalue weighted by atomic mass is 10.0. The first-order valence-electron chi connectivity index (χ1n) is 9.67. The van der Waals surface area contributed by atoms with E-state index in [-0.39, 0.29) is 12.6 Å². The number of para-hydroxylation sites is 1. The SMILES string of the molecule is CC(NC(=O)OCc1ccc(-c2ccccc2)cc1)c1cccc2c1OCCO2. The van der Waals surface area contributed by atoms with Gasteiger partial charge in [0.05, 0.1) is 6.04 Å². The molecule has 1 atom stereocenters. The molecule has 1 aliphatic rings. The van der Waals surface area contributed by atoms with Gasteiger partial charge >= 0.3 is 6.09 Å². The third-order valence-electron chi connectivity index (χ3n) is 4.83. The van der Waals surface area contributed by atoms with Gasteiger partial charge in [-0.3, -0.25) is 0 Å².